The van der Waals surface area contributed by atoms with Crippen LogP contribution in [0.3, 0.4) is 0 Å². The first-order valence-electron chi connectivity index (χ1n) is 13.7. The third kappa shape index (κ3) is 5.75. The van der Waals surface area contributed by atoms with E-state index >= 15 is 0 Å². The van der Waals surface area contributed by atoms with Crippen molar-refractivity contribution in [3.05, 3.63) is 157 Å². The summed E-state index contributed by atoms with van der Waals surface area (Å²) < 4.78 is 6.04. The summed E-state index contributed by atoms with van der Waals surface area (Å²) in [5.74, 6) is 1.57. The molecule has 0 amide bonds. The van der Waals surface area contributed by atoms with Crippen LogP contribution in [0.4, 0.5) is 11.4 Å². The van der Waals surface area contributed by atoms with Crippen LogP contribution in [0.1, 0.15) is 0 Å². The first-order valence-corrected chi connectivity index (χ1v) is 13.7. The van der Waals surface area contributed by atoms with Crippen molar-refractivity contribution in [2.24, 2.45) is 0 Å². The van der Waals surface area contributed by atoms with Crippen molar-refractivity contribution in [1.82, 2.24) is 15.0 Å². The van der Waals surface area contributed by atoms with Crippen molar-refractivity contribution in [2.45, 2.75) is 0 Å². The molecule has 4 heterocycles. The molecule has 1 aliphatic rings. The molecule has 0 aliphatic carbocycles. The largest absolute Gasteiger partial charge is 1.00 e. The molecule has 5 nitrogen and oxygen atoms in total. The molecule has 0 N–H and O–H groups in total. The molecule has 3 aromatic heterocycles. The van der Waals surface area contributed by atoms with Gasteiger partial charge in [0.1, 0.15) is 11.5 Å². The molecular formula is C37H25CuN4O. The fraction of sp³-hybridized carbons (Fsp3) is 0. The van der Waals surface area contributed by atoms with Crippen LogP contribution in [-0.4, -0.2) is 15.0 Å². The summed E-state index contributed by atoms with van der Waals surface area (Å²) in [6, 6.07) is 44.2. The van der Waals surface area contributed by atoms with Gasteiger partial charge in [0.05, 0.1) is 16.9 Å². The molecule has 0 radical (unpaired) electrons. The number of hydrogen-bond donors (Lipinski definition) is 0. The zero-order chi connectivity index (χ0) is 28.1. The van der Waals surface area contributed by atoms with Gasteiger partial charge in [-0.1, -0.05) is 102 Å². The van der Waals surface area contributed by atoms with E-state index in [-0.39, 0.29) is 17.1 Å². The minimum Gasteiger partial charge on any atom is -0.651 e. The topological polar surface area (TPSA) is 62.0 Å². The molecular weight excluding hydrogens is 580 g/mol. The number of aromatic nitrogens is 3. The van der Waals surface area contributed by atoms with Gasteiger partial charge in [-0.15, -0.1) is 0 Å². The Morgan fingerprint density at radius 1 is 0.442 bits per heavy atom. The molecule has 0 saturated carbocycles. The van der Waals surface area contributed by atoms with Crippen molar-refractivity contribution >= 4 is 22.3 Å². The summed E-state index contributed by atoms with van der Waals surface area (Å²) in [6.45, 7) is 0. The summed E-state index contributed by atoms with van der Waals surface area (Å²) in [5.41, 5.74) is 8.94. The van der Waals surface area contributed by atoms with Crippen LogP contribution in [0.25, 0.3) is 49.9 Å². The van der Waals surface area contributed by atoms with Gasteiger partial charge in [0, 0.05) is 40.7 Å². The van der Waals surface area contributed by atoms with Gasteiger partial charge >= 0.3 is 17.1 Å². The van der Waals surface area contributed by atoms with Gasteiger partial charge in [0.2, 0.25) is 0 Å². The summed E-state index contributed by atoms with van der Waals surface area (Å²) in [5, 5.41) is 5.95. The average molecular weight is 605 g/mol. The number of pyridine rings is 3. The van der Waals surface area contributed by atoms with E-state index < -0.39 is 0 Å². The monoisotopic (exact) mass is 604 g/mol. The zero-order valence-electron chi connectivity index (χ0n) is 22.9. The minimum absolute atomic E-state index is 0. The predicted molar refractivity (Wildman–Crippen MR) is 169 cm³/mol. The molecule has 0 unspecified atom stereocenters. The molecule has 0 saturated heterocycles. The van der Waals surface area contributed by atoms with E-state index in [0.717, 1.165) is 67.4 Å². The fourth-order valence-corrected chi connectivity index (χ4v) is 5.11. The number of para-hydroxylation sites is 4. The molecule has 0 bridgehead atoms. The summed E-state index contributed by atoms with van der Waals surface area (Å²) in [6.07, 6.45) is 5.44. The van der Waals surface area contributed by atoms with E-state index in [4.69, 9.17) is 10.1 Å². The Bertz CT molecular complexity index is 1930. The maximum Gasteiger partial charge on any atom is 1.00 e. The number of ether oxygens (including phenoxy) is 1. The van der Waals surface area contributed by atoms with Crippen LogP contribution < -0.4 is 4.74 Å². The first kappa shape index (κ1) is 27.9. The zero-order valence-corrected chi connectivity index (χ0v) is 23.9. The van der Waals surface area contributed by atoms with E-state index in [0.29, 0.717) is 0 Å². The van der Waals surface area contributed by atoms with Gasteiger partial charge in [0.25, 0.3) is 0 Å². The number of rotatable bonds is 3. The standard InChI is InChI=1S/C21H13N2O.C16H12N2.Cu/c1-2-11-18-17(10-1)23-21-16(9-4-12-19(21)24-18)15-8-3-6-14-7-5-13-22-20(14)15;1-2-8-14(16-10-4-6-12-18-16)13(7-1)15-9-3-5-11-17-15;/h1-13H;1-12H;/q-1;;+1. The van der Waals surface area contributed by atoms with Gasteiger partial charge in [-0.3, -0.25) is 15.0 Å². The molecule has 1 aliphatic heterocycles. The second kappa shape index (κ2) is 12.7. The Morgan fingerprint density at radius 3 is 1.72 bits per heavy atom. The number of hydrogen-bond acceptors (Lipinski definition) is 4. The Morgan fingerprint density at radius 2 is 1.00 bits per heavy atom. The molecule has 0 spiro atoms. The van der Waals surface area contributed by atoms with Crippen molar-refractivity contribution in [3.63, 3.8) is 0 Å². The summed E-state index contributed by atoms with van der Waals surface area (Å²) in [4.78, 5) is 13.4. The van der Waals surface area contributed by atoms with Gasteiger partial charge in [-0.05, 0) is 48.0 Å². The number of fused-ring (bicyclic) bond motifs is 3. The van der Waals surface area contributed by atoms with Crippen LogP contribution in [0.5, 0.6) is 11.5 Å². The van der Waals surface area contributed by atoms with Gasteiger partial charge in [-0.2, -0.15) is 0 Å². The first-order chi connectivity index (χ1) is 20.8. The Labute approximate surface area is 260 Å². The molecule has 6 heteroatoms. The van der Waals surface area contributed by atoms with Gasteiger partial charge in [-0.25, -0.2) is 0 Å². The Kier molecular flexibility index (Phi) is 8.23. The van der Waals surface area contributed by atoms with Crippen molar-refractivity contribution < 1.29 is 21.8 Å². The molecule has 0 atom stereocenters. The molecule has 0 fully saturated rings. The molecule has 43 heavy (non-hydrogen) atoms. The van der Waals surface area contributed by atoms with Crippen LogP contribution in [0, 0.1) is 0 Å². The average Bonchev–Trinajstić information content (AvgIpc) is 3.08. The maximum atomic E-state index is 6.04. The SMILES string of the molecule is [Cu+].c1ccc(-c2ccccc2-c2ccccn2)nc1.c1ccc2c(c1)[N-]c1c(cccc1-c1cccc3cccnc13)O2. The third-order valence-electron chi connectivity index (χ3n) is 7.05. The third-order valence-corrected chi connectivity index (χ3v) is 7.05. The van der Waals surface area contributed by atoms with Gasteiger partial charge in [0.15, 0.2) is 0 Å². The fourth-order valence-electron chi connectivity index (χ4n) is 5.11. The predicted octanol–water partition coefficient (Wildman–Crippen LogP) is 10.2. The van der Waals surface area contributed by atoms with Crippen molar-refractivity contribution in [1.29, 1.82) is 0 Å². The van der Waals surface area contributed by atoms with Crippen LogP contribution >= 0.6 is 0 Å². The molecule has 7 aromatic rings. The number of nitrogens with zero attached hydrogens (tertiary/aromatic N) is 4. The van der Waals surface area contributed by atoms with Crippen LogP contribution in [0.15, 0.2) is 152 Å². The summed E-state index contributed by atoms with van der Waals surface area (Å²) in [7, 11) is 0. The van der Waals surface area contributed by atoms with E-state index in [1.165, 1.54) is 0 Å². The summed E-state index contributed by atoms with van der Waals surface area (Å²) >= 11 is 0. The van der Waals surface area contributed by atoms with Crippen LogP contribution in [0.2, 0.25) is 0 Å². The maximum absolute atomic E-state index is 6.04. The molecule has 210 valence electrons. The second-order valence-electron chi connectivity index (χ2n) is 9.69. The van der Waals surface area contributed by atoms with E-state index in [2.05, 4.69) is 57.4 Å². The van der Waals surface area contributed by atoms with Crippen molar-refractivity contribution in [2.75, 3.05) is 0 Å². The molecule has 8 rings (SSSR count). The minimum atomic E-state index is 0. The molecule has 4 aromatic carbocycles. The number of benzene rings is 4. The van der Waals surface area contributed by atoms with Gasteiger partial charge < -0.3 is 10.1 Å². The second-order valence-corrected chi connectivity index (χ2v) is 9.69. The Hall–Kier alpha value is -5.29. The normalized spacial score (nSPS) is 11.0. The Balaban J connectivity index is 0.000000156. The van der Waals surface area contributed by atoms with Crippen LogP contribution in [-0.2, 0) is 17.1 Å². The smallest absolute Gasteiger partial charge is 0.651 e. The van der Waals surface area contributed by atoms with E-state index in [9.17, 15) is 0 Å². The van der Waals surface area contributed by atoms with E-state index in [1.807, 2.05) is 110 Å². The van der Waals surface area contributed by atoms with Crippen molar-refractivity contribution in [3.8, 4) is 45.1 Å². The van der Waals surface area contributed by atoms with E-state index in [1.54, 1.807) is 0 Å². The quantitative estimate of drug-likeness (QED) is 0.188.